The highest BCUT2D eigenvalue weighted by Gasteiger charge is 2.15. The highest BCUT2D eigenvalue weighted by molar-refractivity contribution is 7.84. The third-order valence-electron chi connectivity index (χ3n) is 3.40. The molecule has 2 N–H and O–H groups in total. The van der Waals surface area contributed by atoms with E-state index in [1.807, 2.05) is 57.2 Å². The second-order valence-corrected chi connectivity index (χ2v) is 7.54. The number of urea groups is 1. The number of carbonyl (C=O) groups excluding carboxylic acids is 1. The van der Waals surface area contributed by atoms with Crippen molar-refractivity contribution in [2.75, 3.05) is 17.3 Å². The van der Waals surface area contributed by atoms with E-state index < -0.39 is 10.8 Å². The first-order valence-corrected chi connectivity index (χ1v) is 9.62. The molecule has 0 bridgehead atoms. The molecule has 0 radical (unpaired) electrons. The summed E-state index contributed by atoms with van der Waals surface area (Å²) in [7, 11) is -0.951. The van der Waals surface area contributed by atoms with Gasteiger partial charge >= 0.3 is 6.03 Å². The van der Waals surface area contributed by atoms with Crippen molar-refractivity contribution in [1.29, 1.82) is 0 Å². The molecule has 0 unspecified atom stereocenters. The van der Waals surface area contributed by atoms with Crippen LogP contribution in [0, 0.1) is 0 Å². The number of carbonyl (C=O) groups is 1. The minimum atomic E-state index is -0.951. The van der Waals surface area contributed by atoms with Crippen molar-refractivity contribution in [3.05, 3.63) is 36.4 Å². The topological polar surface area (TPSA) is 76.0 Å². The van der Waals surface area contributed by atoms with Gasteiger partial charge in [0.15, 0.2) is 0 Å². The lowest BCUT2D eigenvalue weighted by Crippen LogP contribution is -2.39. The summed E-state index contributed by atoms with van der Waals surface area (Å²) in [6.45, 7) is 5.84. The first-order valence-electron chi connectivity index (χ1n) is 7.89. The quantitative estimate of drug-likeness (QED) is 0.842. The number of aromatic nitrogens is 2. The Morgan fingerprint density at radius 1 is 1.25 bits per heavy atom. The number of nitrogens with one attached hydrogen (secondary N) is 2. The third-order valence-corrected chi connectivity index (χ3v) is 4.37. The maximum Gasteiger partial charge on any atom is 0.320 e. The van der Waals surface area contributed by atoms with E-state index in [-0.39, 0.29) is 18.1 Å². The molecular formula is C17H24N4O2S. The van der Waals surface area contributed by atoms with Gasteiger partial charge in [-0.25, -0.2) is 9.48 Å². The number of anilines is 1. The van der Waals surface area contributed by atoms with Crippen LogP contribution in [0.2, 0.25) is 0 Å². The fourth-order valence-electron chi connectivity index (χ4n) is 2.40. The molecule has 0 saturated heterocycles. The van der Waals surface area contributed by atoms with Gasteiger partial charge < -0.3 is 5.32 Å². The zero-order valence-corrected chi connectivity index (χ0v) is 15.3. The Kier molecular flexibility index (Phi) is 6.14. The number of nitrogens with zero attached hydrogens (tertiary/aromatic N) is 2. The summed E-state index contributed by atoms with van der Waals surface area (Å²) in [4.78, 5) is 12.2. The van der Waals surface area contributed by atoms with Crippen molar-refractivity contribution in [3.63, 3.8) is 0 Å². The molecule has 0 fully saturated rings. The van der Waals surface area contributed by atoms with Crippen LogP contribution in [-0.2, 0) is 10.8 Å². The van der Waals surface area contributed by atoms with E-state index in [1.54, 1.807) is 10.9 Å². The summed E-state index contributed by atoms with van der Waals surface area (Å²) in [5.74, 6) is 1.05. The largest absolute Gasteiger partial charge is 0.334 e. The van der Waals surface area contributed by atoms with Gasteiger partial charge in [0.2, 0.25) is 0 Å². The Morgan fingerprint density at radius 3 is 2.50 bits per heavy atom. The highest BCUT2D eigenvalue weighted by Crippen LogP contribution is 2.24. The monoisotopic (exact) mass is 348 g/mol. The summed E-state index contributed by atoms with van der Waals surface area (Å²) in [5, 5.41) is 10.2. The lowest BCUT2D eigenvalue weighted by atomic mass is 10.2. The molecule has 2 rings (SSSR count). The fraction of sp³-hybridized carbons (Fsp3) is 0.412. The van der Waals surface area contributed by atoms with Crippen LogP contribution in [-0.4, -0.2) is 38.1 Å². The minimum absolute atomic E-state index is 0.110. The second kappa shape index (κ2) is 8.10. The summed E-state index contributed by atoms with van der Waals surface area (Å²) in [6.07, 6.45) is 1.62. The zero-order chi connectivity index (χ0) is 17.7. The molecule has 2 amide bonds. The molecular weight excluding hydrogens is 324 g/mol. The molecule has 130 valence electrons. The number of hydrogen-bond acceptors (Lipinski definition) is 3. The predicted octanol–water partition coefficient (Wildman–Crippen LogP) is 3.02. The predicted molar refractivity (Wildman–Crippen MR) is 98.6 cm³/mol. The summed E-state index contributed by atoms with van der Waals surface area (Å²) < 4.78 is 13.0. The molecule has 2 atom stereocenters. The van der Waals surface area contributed by atoms with Crippen LogP contribution in [0.25, 0.3) is 11.3 Å². The Balaban J connectivity index is 2.15. The first-order chi connectivity index (χ1) is 11.4. The van der Waals surface area contributed by atoms with Gasteiger partial charge in [0.25, 0.3) is 0 Å². The number of hydrogen-bond donors (Lipinski definition) is 2. The highest BCUT2D eigenvalue weighted by atomic mass is 32.2. The summed E-state index contributed by atoms with van der Waals surface area (Å²) in [5.41, 5.74) is 1.80. The van der Waals surface area contributed by atoms with E-state index in [0.717, 1.165) is 11.3 Å². The van der Waals surface area contributed by atoms with Crippen molar-refractivity contribution in [3.8, 4) is 11.3 Å². The molecule has 2 aromatic rings. The van der Waals surface area contributed by atoms with E-state index in [1.165, 1.54) is 0 Å². The Bertz CT molecular complexity index is 713. The smallest absolute Gasteiger partial charge is 0.320 e. The Hall–Kier alpha value is -2.15. The minimum Gasteiger partial charge on any atom is -0.334 e. The lowest BCUT2D eigenvalue weighted by Gasteiger charge is -2.15. The molecule has 24 heavy (non-hydrogen) atoms. The first kappa shape index (κ1) is 18.2. The second-order valence-electron chi connectivity index (χ2n) is 6.06. The standard InChI is InChI=1S/C17H24N4O2S/c1-12(2)21-16(19-17(22)18-13(3)11-24(4)23)10-15(20-21)14-8-6-5-7-9-14/h5-10,12-13H,11H2,1-4H3,(H2,18,19,22)/t13-,24-/m1/s1. The van der Waals surface area contributed by atoms with Crippen molar-refractivity contribution >= 4 is 22.6 Å². The zero-order valence-electron chi connectivity index (χ0n) is 14.4. The summed E-state index contributed by atoms with van der Waals surface area (Å²) in [6, 6.07) is 11.3. The average molecular weight is 348 g/mol. The molecule has 7 heteroatoms. The summed E-state index contributed by atoms with van der Waals surface area (Å²) >= 11 is 0. The Labute approximate surface area is 145 Å². The van der Waals surface area contributed by atoms with Crippen LogP contribution < -0.4 is 10.6 Å². The van der Waals surface area contributed by atoms with Crippen LogP contribution in [0.1, 0.15) is 26.8 Å². The molecule has 1 heterocycles. The average Bonchev–Trinajstić information content (AvgIpc) is 2.91. The van der Waals surface area contributed by atoms with Crippen molar-refractivity contribution < 1.29 is 9.00 Å². The van der Waals surface area contributed by atoms with E-state index in [4.69, 9.17) is 0 Å². The molecule has 0 aliphatic heterocycles. The molecule has 1 aromatic carbocycles. The maximum absolute atomic E-state index is 12.2. The van der Waals surface area contributed by atoms with Gasteiger partial charge in [-0.1, -0.05) is 30.3 Å². The van der Waals surface area contributed by atoms with E-state index in [2.05, 4.69) is 15.7 Å². The maximum atomic E-state index is 12.2. The van der Waals surface area contributed by atoms with Gasteiger partial charge in [0.05, 0.1) is 5.69 Å². The molecule has 0 aliphatic rings. The van der Waals surface area contributed by atoms with E-state index >= 15 is 0 Å². The fourth-order valence-corrected chi connectivity index (χ4v) is 3.19. The van der Waals surface area contributed by atoms with E-state index in [0.29, 0.717) is 11.6 Å². The Morgan fingerprint density at radius 2 is 1.92 bits per heavy atom. The van der Waals surface area contributed by atoms with Crippen LogP contribution in [0.4, 0.5) is 10.6 Å². The van der Waals surface area contributed by atoms with Crippen molar-refractivity contribution in [2.24, 2.45) is 0 Å². The molecule has 6 nitrogen and oxygen atoms in total. The van der Waals surface area contributed by atoms with Crippen molar-refractivity contribution in [1.82, 2.24) is 15.1 Å². The number of rotatable bonds is 6. The molecule has 0 spiro atoms. The molecule has 0 aliphatic carbocycles. The van der Waals surface area contributed by atoms with Crippen LogP contribution in [0.15, 0.2) is 36.4 Å². The van der Waals surface area contributed by atoms with Gasteiger partial charge in [-0.05, 0) is 20.8 Å². The van der Waals surface area contributed by atoms with Gasteiger partial charge in [-0.15, -0.1) is 0 Å². The molecule has 0 saturated carbocycles. The molecule has 1 aromatic heterocycles. The van der Waals surface area contributed by atoms with Crippen molar-refractivity contribution in [2.45, 2.75) is 32.9 Å². The van der Waals surface area contributed by atoms with Gasteiger partial charge in [0, 0.05) is 46.5 Å². The SMILES string of the molecule is CC(C)n1nc(-c2ccccc2)cc1NC(=O)N[C@H](C)C[S@@](C)=O. The third kappa shape index (κ3) is 4.92. The van der Waals surface area contributed by atoms with Crippen LogP contribution in [0.3, 0.4) is 0 Å². The number of amides is 2. The van der Waals surface area contributed by atoms with Gasteiger partial charge in [-0.3, -0.25) is 9.53 Å². The van der Waals surface area contributed by atoms with Crippen LogP contribution >= 0.6 is 0 Å². The van der Waals surface area contributed by atoms with Gasteiger partial charge in [-0.2, -0.15) is 5.10 Å². The normalized spacial score (nSPS) is 13.5. The number of benzene rings is 1. The van der Waals surface area contributed by atoms with Crippen LogP contribution in [0.5, 0.6) is 0 Å². The van der Waals surface area contributed by atoms with Gasteiger partial charge in [0.1, 0.15) is 5.82 Å². The lowest BCUT2D eigenvalue weighted by molar-refractivity contribution is 0.250. The van der Waals surface area contributed by atoms with E-state index in [9.17, 15) is 9.00 Å².